The van der Waals surface area contributed by atoms with E-state index in [0.717, 1.165) is 19.1 Å². The summed E-state index contributed by atoms with van der Waals surface area (Å²) in [6.45, 7) is 0. The molecule has 0 unspecified atom stereocenters. The third-order valence-corrected chi connectivity index (χ3v) is 6.01. The normalized spacial score (nSPS) is 21.9. The van der Waals surface area contributed by atoms with Gasteiger partial charge in [-0.2, -0.15) is 13.2 Å². The van der Waals surface area contributed by atoms with Crippen LogP contribution in [0, 0.1) is 0 Å². The molecule has 6 nitrogen and oxygen atoms in total. The third-order valence-electron chi connectivity index (χ3n) is 5.48. The molecular formula is C23H17BrF3NO5. The maximum atomic E-state index is 15.0. The van der Waals surface area contributed by atoms with E-state index in [4.69, 9.17) is 14.2 Å². The number of methoxy groups -OCH3 is 2. The number of carbonyl (C=O) groups excluding carboxylic acids is 2. The van der Waals surface area contributed by atoms with E-state index in [9.17, 15) is 9.59 Å². The average molecular weight is 524 g/mol. The van der Waals surface area contributed by atoms with Crippen LogP contribution < -0.4 is 0 Å². The Kier molecular flexibility index (Phi) is 5.83. The highest BCUT2D eigenvalue weighted by atomic mass is 79.9. The summed E-state index contributed by atoms with van der Waals surface area (Å²) in [4.78, 5) is 26.9. The van der Waals surface area contributed by atoms with E-state index >= 15 is 13.2 Å². The zero-order valence-corrected chi connectivity index (χ0v) is 18.9. The van der Waals surface area contributed by atoms with Crippen molar-refractivity contribution in [2.45, 2.75) is 18.0 Å². The Morgan fingerprint density at radius 1 is 1.03 bits per heavy atom. The molecule has 0 N–H and O–H groups in total. The third kappa shape index (κ3) is 3.53. The van der Waals surface area contributed by atoms with Crippen LogP contribution in [0.3, 0.4) is 0 Å². The summed E-state index contributed by atoms with van der Waals surface area (Å²) in [5.74, 6) is -2.51. The number of benzene rings is 2. The zero-order chi connectivity index (χ0) is 24.0. The number of nitrogens with zero attached hydrogens (tertiary/aromatic N) is 1. The molecule has 2 aromatic carbocycles. The summed E-state index contributed by atoms with van der Waals surface area (Å²) < 4.78 is 61.0. The first-order valence-corrected chi connectivity index (χ1v) is 10.4. The molecule has 2 aliphatic heterocycles. The van der Waals surface area contributed by atoms with Gasteiger partial charge in [-0.25, -0.2) is 9.59 Å². The monoisotopic (exact) mass is 523 g/mol. The van der Waals surface area contributed by atoms with Gasteiger partial charge in [0.25, 0.3) is 0 Å². The largest absolute Gasteiger partial charge is 0.466 e. The van der Waals surface area contributed by atoms with Crippen molar-refractivity contribution in [3.8, 4) is 0 Å². The van der Waals surface area contributed by atoms with E-state index in [1.165, 1.54) is 30.5 Å². The van der Waals surface area contributed by atoms with Crippen molar-refractivity contribution in [1.82, 2.24) is 4.90 Å². The first-order valence-electron chi connectivity index (χ1n) is 9.63. The molecule has 2 aliphatic rings. The van der Waals surface area contributed by atoms with Gasteiger partial charge in [-0.15, -0.1) is 0 Å². The number of alkyl halides is 3. The molecule has 0 amide bonds. The molecule has 0 fully saturated rings. The maximum Gasteiger partial charge on any atom is 0.426 e. The van der Waals surface area contributed by atoms with E-state index in [-0.39, 0.29) is 0 Å². The number of hydrogen-bond donors (Lipinski definition) is 0. The Morgan fingerprint density at radius 2 is 1.67 bits per heavy atom. The first kappa shape index (κ1) is 23.1. The van der Waals surface area contributed by atoms with Gasteiger partial charge in [0, 0.05) is 16.2 Å². The van der Waals surface area contributed by atoms with Crippen molar-refractivity contribution in [3.63, 3.8) is 0 Å². The van der Waals surface area contributed by atoms with Gasteiger partial charge in [0.05, 0.1) is 14.2 Å². The minimum Gasteiger partial charge on any atom is -0.466 e. The Bertz CT molecular complexity index is 1180. The molecule has 2 aromatic rings. The van der Waals surface area contributed by atoms with Gasteiger partial charge in [-0.05, 0) is 29.3 Å². The topological polar surface area (TPSA) is 65.1 Å². The fourth-order valence-corrected chi connectivity index (χ4v) is 4.29. The van der Waals surface area contributed by atoms with Crippen molar-refractivity contribution in [2.24, 2.45) is 0 Å². The second-order valence-electron chi connectivity index (χ2n) is 7.21. The smallest absolute Gasteiger partial charge is 0.426 e. The number of fused-ring (bicyclic) bond motifs is 3. The molecule has 10 heteroatoms. The van der Waals surface area contributed by atoms with Crippen molar-refractivity contribution in [1.29, 1.82) is 0 Å². The Morgan fingerprint density at radius 3 is 2.27 bits per heavy atom. The summed E-state index contributed by atoms with van der Waals surface area (Å²) in [6, 6.07) is 11.8. The molecule has 2 atom stereocenters. The Labute approximate surface area is 195 Å². The van der Waals surface area contributed by atoms with Crippen LogP contribution in [-0.4, -0.2) is 37.2 Å². The summed E-state index contributed by atoms with van der Waals surface area (Å²) in [5, 5.41) is 0. The lowest BCUT2D eigenvalue weighted by atomic mass is 9.81. The standard InChI is InChI=1S/C23H17BrF3NO5/c1-31-20(29)17-18(21(30)32-2)28-12-11-13-5-3-4-6-16(13)19(28)33-22(17,23(25,26)27)14-7-9-15(24)10-8-14/h3-12,19H,1-2H3/t19-,22+/m0/s1. The molecule has 0 aliphatic carbocycles. The van der Waals surface area contributed by atoms with Crippen molar-refractivity contribution in [3.05, 3.63) is 87.2 Å². The minimum absolute atomic E-state index is 0.385. The molecule has 2 heterocycles. The van der Waals surface area contributed by atoms with Crippen LogP contribution in [0.15, 0.2) is 70.5 Å². The van der Waals surface area contributed by atoms with Crippen LogP contribution in [0.5, 0.6) is 0 Å². The fourth-order valence-electron chi connectivity index (χ4n) is 4.03. The van der Waals surface area contributed by atoms with Crippen molar-refractivity contribution in [2.75, 3.05) is 14.2 Å². The molecular weight excluding hydrogens is 507 g/mol. The summed E-state index contributed by atoms with van der Waals surface area (Å²) >= 11 is 3.20. The lowest BCUT2D eigenvalue weighted by molar-refractivity contribution is -0.303. The molecule has 0 radical (unpaired) electrons. The number of hydrogen-bond acceptors (Lipinski definition) is 6. The highest BCUT2D eigenvalue weighted by molar-refractivity contribution is 9.10. The molecule has 172 valence electrons. The summed E-state index contributed by atoms with van der Waals surface area (Å²) in [7, 11) is 1.95. The van der Waals surface area contributed by atoms with Crippen molar-refractivity contribution >= 4 is 33.9 Å². The average Bonchev–Trinajstić information content (AvgIpc) is 2.81. The van der Waals surface area contributed by atoms with Gasteiger partial charge in [0.2, 0.25) is 5.60 Å². The maximum absolute atomic E-state index is 15.0. The van der Waals surface area contributed by atoms with E-state index in [1.807, 2.05) is 0 Å². The second-order valence-corrected chi connectivity index (χ2v) is 8.13. The highest BCUT2D eigenvalue weighted by Gasteiger charge is 2.67. The molecule has 0 saturated carbocycles. The van der Waals surface area contributed by atoms with Gasteiger partial charge in [0.15, 0.2) is 6.23 Å². The number of halogens is 4. The van der Waals surface area contributed by atoms with Crippen LogP contribution in [-0.2, 0) is 29.4 Å². The molecule has 0 spiro atoms. The van der Waals surface area contributed by atoms with Crippen LogP contribution in [0.4, 0.5) is 13.2 Å². The minimum atomic E-state index is -5.16. The molecule has 0 saturated heterocycles. The second kappa shape index (κ2) is 8.35. The van der Waals surface area contributed by atoms with Crippen molar-refractivity contribution < 1.29 is 37.0 Å². The fraction of sp³-hybridized carbons (Fsp3) is 0.217. The Hall–Kier alpha value is -3.11. The molecule has 0 aromatic heterocycles. The van der Waals surface area contributed by atoms with Gasteiger partial charge in [-0.3, -0.25) is 0 Å². The molecule has 4 rings (SSSR count). The SMILES string of the molecule is COC(=O)C1=C(C(=O)OC)[C@](c2ccc(Br)cc2)(C(F)(F)F)O[C@H]2c3ccccc3C=CN12. The van der Waals surface area contributed by atoms with E-state index < -0.39 is 46.8 Å². The number of rotatable bonds is 3. The van der Waals surface area contributed by atoms with Gasteiger partial charge in [0.1, 0.15) is 11.3 Å². The van der Waals surface area contributed by atoms with Crippen LogP contribution in [0.2, 0.25) is 0 Å². The number of carbonyl (C=O) groups is 2. The molecule has 33 heavy (non-hydrogen) atoms. The van der Waals surface area contributed by atoms with E-state index in [1.54, 1.807) is 30.3 Å². The van der Waals surface area contributed by atoms with E-state index in [0.29, 0.717) is 15.6 Å². The van der Waals surface area contributed by atoms with E-state index in [2.05, 4.69) is 15.9 Å². The number of esters is 2. The first-order chi connectivity index (χ1) is 15.7. The summed E-state index contributed by atoms with van der Waals surface area (Å²) in [5.41, 5.74) is -4.36. The predicted molar refractivity (Wildman–Crippen MR) is 114 cm³/mol. The predicted octanol–water partition coefficient (Wildman–Crippen LogP) is 4.82. The van der Waals surface area contributed by atoms with Crippen LogP contribution in [0.25, 0.3) is 6.08 Å². The highest BCUT2D eigenvalue weighted by Crippen LogP contribution is 2.56. The lowest BCUT2D eigenvalue weighted by Gasteiger charge is -2.48. The van der Waals surface area contributed by atoms with Gasteiger partial charge < -0.3 is 19.1 Å². The number of ether oxygens (including phenoxy) is 3. The molecule has 0 bridgehead atoms. The van der Waals surface area contributed by atoms with Gasteiger partial charge in [-0.1, -0.05) is 52.3 Å². The van der Waals surface area contributed by atoms with Crippen LogP contribution in [0.1, 0.15) is 22.9 Å². The summed E-state index contributed by atoms with van der Waals surface area (Å²) in [6.07, 6.45) is -3.55. The van der Waals surface area contributed by atoms with Crippen LogP contribution >= 0.6 is 15.9 Å². The zero-order valence-electron chi connectivity index (χ0n) is 17.4. The lowest BCUT2D eigenvalue weighted by Crippen LogP contribution is -2.56. The van der Waals surface area contributed by atoms with Gasteiger partial charge >= 0.3 is 18.1 Å². The quantitative estimate of drug-likeness (QED) is 0.537. The Balaban J connectivity index is 2.14.